The molecule has 0 saturated carbocycles. The first-order valence-corrected chi connectivity index (χ1v) is 5.79. The number of hydrogen-bond acceptors (Lipinski definition) is 5. The highest BCUT2D eigenvalue weighted by Gasteiger charge is 2.25. The Hall–Kier alpha value is -1.14. The zero-order valence-electron chi connectivity index (χ0n) is 10.4. The fourth-order valence-corrected chi connectivity index (χ4v) is 1.77. The summed E-state index contributed by atoms with van der Waals surface area (Å²) in [6.45, 7) is 2.72. The average Bonchev–Trinajstić information content (AvgIpc) is 2.38. The van der Waals surface area contributed by atoms with Gasteiger partial charge in [0, 0.05) is 26.6 Å². The van der Waals surface area contributed by atoms with Gasteiger partial charge < -0.3 is 14.8 Å². The summed E-state index contributed by atoms with van der Waals surface area (Å²) in [4.78, 5) is 24.5. The summed E-state index contributed by atoms with van der Waals surface area (Å²) in [6.07, 6.45) is 0.762. The lowest BCUT2D eigenvalue weighted by Gasteiger charge is -2.31. The van der Waals surface area contributed by atoms with Gasteiger partial charge in [-0.05, 0) is 13.0 Å². The SMILES string of the molecule is CNC(=O)[C@H]1CN(CCCC(=O)OC)CCO1. The van der Waals surface area contributed by atoms with Crippen molar-refractivity contribution in [3.8, 4) is 0 Å². The van der Waals surface area contributed by atoms with Crippen LogP contribution in [0.3, 0.4) is 0 Å². The van der Waals surface area contributed by atoms with Crippen molar-refractivity contribution in [2.75, 3.05) is 40.4 Å². The summed E-state index contributed by atoms with van der Waals surface area (Å²) in [5, 5.41) is 2.57. The lowest BCUT2D eigenvalue weighted by Crippen LogP contribution is -2.49. The number of rotatable bonds is 5. The molecule has 0 radical (unpaired) electrons. The molecule has 1 saturated heterocycles. The van der Waals surface area contributed by atoms with E-state index in [1.165, 1.54) is 7.11 Å². The predicted octanol–water partition coefficient (Wildman–Crippen LogP) is -0.614. The molecule has 0 aliphatic carbocycles. The highest BCUT2D eigenvalue weighted by atomic mass is 16.5. The molecule has 0 aromatic heterocycles. The van der Waals surface area contributed by atoms with Gasteiger partial charge in [0.1, 0.15) is 6.10 Å². The Morgan fingerprint density at radius 2 is 2.29 bits per heavy atom. The third kappa shape index (κ3) is 4.70. The number of esters is 1. The summed E-state index contributed by atoms with van der Waals surface area (Å²) >= 11 is 0. The van der Waals surface area contributed by atoms with Crippen LogP contribution in [0.5, 0.6) is 0 Å². The molecule has 98 valence electrons. The Labute approximate surface area is 101 Å². The molecular weight excluding hydrogens is 224 g/mol. The summed E-state index contributed by atoms with van der Waals surface area (Å²) in [5.74, 6) is -0.288. The molecule has 1 amide bonds. The zero-order valence-corrected chi connectivity index (χ0v) is 10.4. The van der Waals surface area contributed by atoms with Crippen LogP contribution in [0.15, 0.2) is 0 Å². The second kappa shape index (κ2) is 7.24. The Balaban J connectivity index is 2.25. The minimum atomic E-state index is -0.396. The molecule has 0 unspecified atom stereocenters. The largest absolute Gasteiger partial charge is 0.469 e. The number of morpholine rings is 1. The van der Waals surface area contributed by atoms with E-state index in [1.807, 2.05) is 0 Å². The van der Waals surface area contributed by atoms with Crippen molar-refractivity contribution in [1.29, 1.82) is 0 Å². The van der Waals surface area contributed by atoms with Gasteiger partial charge in [0.25, 0.3) is 0 Å². The average molecular weight is 244 g/mol. The molecule has 1 atom stereocenters. The van der Waals surface area contributed by atoms with Gasteiger partial charge in [-0.15, -0.1) is 0 Å². The second-order valence-electron chi connectivity index (χ2n) is 3.95. The van der Waals surface area contributed by atoms with Crippen molar-refractivity contribution in [2.24, 2.45) is 0 Å². The summed E-state index contributed by atoms with van der Waals surface area (Å²) in [6, 6.07) is 0. The van der Waals surface area contributed by atoms with Gasteiger partial charge in [0.2, 0.25) is 5.91 Å². The number of likely N-dealkylation sites (N-methyl/N-ethyl adjacent to an activating group) is 1. The highest BCUT2D eigenvalue weighted by molar-refractivity contribution is 5.80. The van der Waals surface area contributed by atoms with Crippen LogP contribution in [0.4, 0.5) is 0 Å². The fraction of sp³-hybridized carbons (Fsp3) is 0.818. The number of nitrogens with zero attached hydrogens (tertiary/aromatic N) is 1. The molecular formula is C11H20N2O4. The quantitative estimate of drug-likeness (QED) is 0.653. The molecule has 1 heterocycles. The normalized spacial score (nSPS) is 20.9. The van der Waals surface area contributed by atoms with Crippen LogP contribution in [0.1, 0.15) is 12.8 Å². The van der Waals surface area contributed by atoms with Crippen LogP contribution in [0.25, 0.3) is 0 Å². The molecule has 6 nitrogen and oxygen atoms in total. The van der Waals surface area contributed by atoms with Crippen LogP contribution in [-0.2, 0) is 19.1 Å². The zero-order chi connectivity index (χ0) is 12.7. The number of carbonyl (C=O) groups is 2. The molecule has 1 fully saturated rings. The molecule has 0 bridgehead atoms. The van der Waals surface area contributed by atoms with E-state index in [0.717, 1.165) is 19.5 Å². The minimum absolute atomic E-state index is 0.0948. The Bertz CT molecular complexity index is 270. The Morgan fingerprint density at radius 1 is 1.53 bits per heavy atom. The molecule has 0 aromatic rings. The molecule has 17 heavy (non-hydrogen) atoms. The van der Waals surface area contributed by atoms with Gasteiger partial charge in [-0.1, -0.05) is 0 Å². The van der Waals surface area contributed by atoms with Crippen molar-refractivity contribution in [2.45, 2.75) is 18.9 Å². The fourth-order valence-electron chi connectivity index (χ4n) is 1.77. The number of amides is 1. The van der Waals surface area contributed by atoms with Crippen molar-refractivity contribution >= 4 is 11.9 Å². The Kier molecular flexibility index (Phi) is 5.93. The molecule has 6 heteroatoms. The topological polar surface area (TPSA) is 67.9 Å². The summed E-state index contributed by atoms with van der Waals surface area (Å²) in [7, 11) is 2.99. The summed E-state index contributed by atoms with van der Waals surface area (Å²) in [5.41, 5.74) is 0. The first-order valence-electron chi connectivity index (χ1n) is 5.79. The van der Waals surface area contributed by atoms with Gasteiger partial charge in [-0.2, -0.15) is 0 Å². The van der Waals surface area contributed by atoms with Crippen LogP contribution >= 0.6 is 0 Å². The van der Waals surface area contributed by atoms with E-state index in [-0.39, 0.29) is 11.9 Å². The van der Waals surface area contributed by atoms with E-state index in [4.69, 9.17) is 4.74 Å². The van der Waals surface area contributed by atoms with Gasteiger partial charge in [0.05, 0.1) is 13.7 Å². The van der Waals surface area contributed by atoms with Crippen molar-refractivity contribution in [3.05, 3.63) is 0 Å². The van der Waals surface area contributed by atoms with Crippen molar-refractivity contribution in [3.63, 3.8) is 0 Å². The van der Waals surface area contributed by atoms with E-state index in [1.54, 1.807) is 7.05 Å². The predicted molar refractivity (Wildman–Crippen MR) is 61.5 cm³/mol. The third-order valence-electron chi connectivity index (χ3n) is 2.77. The molecule has 1 N–H and O–H groups in total. The van der Waals surface area contributed by atoms with E-state index in [2.05, 4.69) is 15.0 Å². The Morgan fingerprint density at radius 3 is 2.94 bits per heavy atom. The van der Waals surface area contributed by atoms with Crippen LogP contribution in [-0.4, -0.2) is 63.3 Å². The van der Waals surface area contributed by atoms with Crippen LogP contribution in [0.2, 0.25) is 0 Å². The summed E-state index contributed by atoms with van der Waals surface area (Å²) < 4.78 is 9.93. The standard InChI is InChI=1S/C11H20N2O4/c1-12-11(15)9-8-13(6-7-17-9)5-3-4-10(14)16-2/h9H,3-8H2,1-2H3,(H,12,15)/t9-/m1/s1. The number of nitrogens with one attached hydrogen (secondary N) is 1. The maximum atomic E-state index is 11.4. The maximum absolute atomic E-state index is 11.4. The number of hydrogen-bond donors (Lipinski definition) is 1. The van der Waals surface area contributed by atoms with Crippen molar-refractivity contribution in [1.82, 2.24) is 10.2 Å². The smallest absolute Gasteiger partial charge is 0.305 e. The molecule has 0 aromatic carbocycles. The van der Waals surface area contributed by atoms with E-state index >= 15 is 0 Å². The van der Waals surface area contributed by atoms with Crippen molar-refractivity contribution < 1.29 is 19.1 Å². The molecule has 1 aliphatic heterocycles. The lowest BCUT2D eigenvalue weighted by atomic mass is 10.2. The molecule has 1 aliphatic rings. The van der Waals surface area contributed by atoms with Gasteiger partial charge in [-0.25, -0.2) is 0 Å². The third-order valence-corrected chi connectivity index (χ3v) is 2.77. The lowest BCUT2D eigenvalue weighted by molar-refractivity contribution is -0.141. The maximum Gasteiger partial charge on any atom is 0.305 e. The van der Waals surface area contributed by atoms with Crippen LogP contribution < -0.4 is 5.32 Å². The van der Waals surface area contributed by atoms with Crippen LogP contribution in [0, 0.1) is 0 Å². The van der Waals surface area contributed by atoms with Gasteiger partial charge in [-0.3, -0.25) is 14.5 Å². The molecule has 1 rings (SSSR count). The van der Waals surface area contributed by atoms with E-state index < -0.39 is 6.10 Å². The van der Waals surface area contributed by atoms with E-state index in [9.17, 15) is 9.59 Å². The second-order valence-corrected chi connectivity index (χ2v) is 3.95. The van der Waals surface area contributed by atoms with Gasteiger partial charge >= 0.3 is 5.97 Å². The monoisotopic (exact) mass is 244 g/mol. The minimum Gasteiger partial charge on any atom is -0.469 e. The number of carbonyl (C=O) groups excluding carboxylic acids is 2. The van der Waals surface area contributed by atoms with Gasteiger partial charge in [0.15, 0.2) is 0 Å². The number of methoxy groups -OCH3 is 1. The first kappa shape index (κ1) is 13.9. The highest BCUT2D eigenvalue weighted by Crippen LogP contribution is 2.07. The first-order chi connectivity index (χ1) is 8.17. The molecule has 0 spiro atoms. The van der Waals surface area contributed by atoms with E-state index in [0.29, 0.717) is 19.6 Å². The number of ether oxygens (including phenoxy) is 2.